The van der Waals surface area contributed by atoms with Crippen LogP contribution in [0.2, 0.25) is 19.6 Å². The Labute approximate surface area is 184 Å². The van der Waals surface area contributed by atoms with Gasteiger partial charge in [-0.15, -0.1) is 0 Å². The fraction of sp³-hybridized carbons (Fsp3) is 0.577. The Bertz CT molecular complexity index is 803. The van der Waals surface area contributed by atoms with Crippen LogP contribution in [0.4, 0.5) is 0 Å². The third-order valence-electron chi connectivity index (χ3n) is 5.61. The van der Waals surface area contributed by atoms with Crippen LogP contribution in [0.5, 0.6) is 0 Å². The molecule has 0 aliphatic rings. The van der Waals surface area contributed by atoms with E-state index in [1.807, 2.05) is 13.0 Å². The molecular formula is C26H41NO2Si. The molecule has 1 heterocycles. The lowest BCUT2D eigenvalue weighted by Gasteiger charge is -2.20. The lowest BCUT2D eigenvalue weighted by molar-refractivity contribution is 0.0526. The molecule has 0 radical (unpaired) electrons. The fourth-order valence-corrected chi connectivity index (χ4v) is 5.58. The summed E-state index contributed by atoms with van der Waals surface area (Å²) in [6.07, 6.45) is 7.64. The molecule has 4 heteroatoms. The average molecular weight is 428 g/mol. The summed E-state index contributed by atoms with van der Waals surface area (Å²) in [7, 11) is -1.39. The van der Waals surface area contributed by atoms with E-state index >= 15 is 0 Å². The molecule has 0 amide bonds. The lowest BCUT2D eigenvalue weighted by atomic mass is 10.0. The van der Waals surface area contributed by atoms with Crippen molar-refractivity contribution in [1.29, 1.82) is 0 Å². The minimum absolute atomic E-state index is 0.188. The van der Waals surface area contributed by atoms with Gasteiger partial charge in [-0.1, -0.05) is 89.0 Å². The second kappa shape index (κ2) is 11.5. The molecule has 0 aliphatic carbocycles. The highest BCUT2D eigenvalue weighted by Gasteiger charge is 2.29. The van der Waals surface area contributed by atoms with E-state index in [1.165, 1.54) is 37.8 Å². The zero-order valence-electron chi connectivity index (χ0n) is 20.0. The van der Waals surface area contributed by atoms with Gasteiger partial charge in [0.1, 0.15) is 0 Å². The lowest BCUT2D eigenvalue weighted by Crippen LogP contribution is -2.26. The molecule has 2 aromatic rings. The molecule has 0 bridgehead atoms. The van der Waals surface area contributed by atoms with E-state index in [-0.39, 0.29) is 5.97 Å². The van der Waals surface area contributed by atoms with Crippen LogP contribution in [-0.2, 0) is 17.3 Å². The second-order valence-electron chi connectivity index (χ2n) is 9.53. The Morgan fingerprint density at radius 2 is 1.60 bits per heavy atom. The summed E-state index contributed by atoms with van der Waals surface area (Å²) in [6.45, 7) is 14.8. The Balaban J connectivity index is 2.49. The first kappa shape index (κ1) is 24.5. The summed E-state index contributed by atoms with van der Waals surface area (Å²) in [4.78, 5) is 13.0. The van der Waals surface area contributed by atoms with Crippen molar-refractivity contribution in [3.05, 3.63) is 47.3 Å². The van der Waals surface area contributed by atoms with E-state index in [1.54, 1.807) is 0 Å². The van der Waals surface area contributed by atoms with Crippen molar-refractivity contribution >= 4 is 14.0 Å². The Morgan fingerprint density at radius 1 is 0.967 bits per heavy atom. The molecule has 166 valence electrons. The van der Waals surface area contributed by atoms with Gasteiger partial charge in [0, 0.05) is 23.5 Å². The monoisotopic (exact) mass is 427 g/mol. The molecule has 1 aromatic heterocycles. The van der Waals surface area contributed by atoms with E-state index in [9.17, 15) is 4.79 Å². The number of ether oxygens (including phenoxy) is 1. The van der Waals surface area contributed by atoms with Crippen molar-refractivity contribution in [3.8, 4) is 11.1 Å². The van der Waals surface area contributed by atoms with Crippen LogP contribution in [0.25, 0.3) is 11.1 Å². The van der Waals surface area contributed by atoms with Gasteiger partial charge in [0.2, 0.25) is 0 Å². The molecule has 2 rings (SSSR count). The largest absolute Gasteiger partial charge is 0.462 e. The number of carbonyl (C=O) groups excluding carboxylic acids is 1. The Hall–Kier alpha value is -1.81. The fourth-order valence-electron chi connectivity index (χ4n) is 4.21. The highest BCUT2D eigenvalue weighted by molar-refractivity contribution is 6.75. The number of carbonyl (C=O) groups is 1. The van der Waals surface area contributed by atoms with Gasteiger partial charge in [-0.25, -0.2) is 4.79 Å². The molecule has 30 heavy (non-hydrogen) atoms. The third-order valence-corrected chi connectivity index (χ3v) is 7.00. The summed E-state index contributed by atoms with van der Waals surface area (Å²) in [5.41, 5.74) is 5.38. The molecule has 0 saturated heterocycles. The average Bonchev–Trinajstić information content (AvgIpc) is 2.95. The van der Waals surface area contributed by atoms with Gasteiger partial charge in [-0.05, 0) is 31.9 Å². The molecule has 3 nitrogen and oxygen atoms in total. The minimum Gasteiger partial charge on any atom is -0.462 e. The van der Waals surface area contributed by atoms with E-state index in [0.717, 1.165) is 41.4 Å². The minimum atomic E-state index is -1.39. The quantitative estimate of drug-likeness (QED) is 0.200. The van der Waals surface area contributed by atoms with Crippen LogP contribution >= 0.6 is 0 Å². The van der Waals surface area contributed by atoms with E-state index in [4.69, 9.17) is 4.74 Å². The first-order chi connectivity index (χ1) is 14.3. The zero-order chi connectivity index (χ0) is 22.1. The molecule has 0 saturated carbocycles. The molecule has 0 unspecified atom stereocenters. The number of unbranched alkanes of at least 4 members (excludes halogenated alkanes) is 5. The Kier molecular flexibility index (Phi) is 9.41. The number of benzene rings is 1. The maximum absolute atomic E-state index is 13.0. The van der Waals surface area contributed by atoms with Crippen molar-refractivity contribution < 1.29 is 9.53 Å². The maximum atomic E-state index is 13.0. The number of hydrogen-bond donors (Lipinski definition) is 0. The molecular weight excluding hydrogens is 386 g/mol. The molecule has 1 aromatic carbocycles. The smallest absolute Gasteiger partial charge is 0.340 e. The summed E-state index contributed by atoms with van der Waals surface area (Å²) >= 11 is 0. The van der Waals surface area contributed by atoms with Crippen LogP contribution < -0.4 is 0 Å². The van der Waals surface area contributed by atoms with Crippen LogP contribution in [-0.4, -0.2) is 25.2 Å². The second-order valence-corrected chi connectivity index (χ2v) is 15.0. The standard InChI is InChI=1S/C26H41NO2Si/c1-7-9-10-11-12-16-19-27-21(3)24(26(28)29-8-2)25(22-17-14-13-15-18-22)23(27)20-30(4,5)6/h13-15,17-18H,7-12,16,19-20H2,1-6H3. The van der Waals surface area contributed by atoms with Gasteiger partial charge in [0.25, 0.3) is 0 Å². The molecule has 0 aliphatic heterocycles. The predicted molar refractivity (Wildman–Crippen MR) is 131 cm³/mol. The van der Waals surface area contributed by atoms with Gasteiger partial charge in [-0.3, -0.25) is 0 Å². The highest BCUT2D eigenvalue weighted by atomic mass is 28.3. The highest BCUT2D eigenvalue weighted by Crippen LogP contribution is 2.35. The van der Waals surface area contributed by atoms with Crippen LogP contribution in [0.1, 0.15) is 74.1 Å². The molecule has 0 spiro atoms. The van der Waals surface area contributed by atoms with Gasteiger partial charge < -0.3 is 9.30 Å². The first-order valence-electron chi connectivity index (χ1n) is 11.7. The predicted octanol–water partition coefficient (Wildman–Crippen LogP) is 7.42. The van der Waals surface area contributed by atoms with Crippen molar-refractivity contribution in [1.82, 2.24) is 4.57 Å². The summed E-state index contributed by atoms with van der Waals surface area (Å²) in [5.74, 6) is -0.188. The first-order valence-corrected chi connectivity index (χ1v) is 15.4. The number of nitrogens with zero attached hydrogens (tertiary/aromatic N) is 1. The van der Waals surface area contributed by atoms with Crippen molar-refractivity contribution in [2.45, 2.75) is 91.5 Å². The van der Waals surface area contributed by atoms with Gasteiger partial charge in [-0.2, -0.15) is 0 Å². The molecule has 0 fully saturated rings. The SMILES string of the molecule is CCCCCCCCn1c(C)c(C(=O)OCC)c(-c2ccccc2)c1C[Si](C)(C)C. The zero-order valence-corrected chi connectivity index (χ0v) is 21.0. The summed E-state index contributed by atoms with van der Waals surface area (Å²) in [5, 5.41) is 0. The Morgan fingerprint density at radius 3 is 2.20 bits per heavy atom. The van der Waals surface area contributed by atoms with E-state index in [0.29, 0.717) is 6.61 Å². The molecule has 0 atom stereocenters. The maximum Gasteiger partial charge on any atom is 0.340 e. The van der Waals surface area contributed by atoms with Crippen molar-refractivity contribution in [2.24, 2.45) is 0 Å². The van der Waals surface area contributed by atoms with Crippen LogP contribution in [0.15, 0.2) is 30.3 Å². The topological polar surface area (TPSA) is 31.2 Å². The summed E-state index contributed by atoms with van der Waals surface area (Å²) < 4.78 is 7.94. The van der Waals surface area contributed by atoms with Gasteiger partial charge >= 0.3 is 5.97 Å². The van der Waals surface area contributed by atoms with Crippen LogP contribution in [0.3, 0.4) is 0 Å². The number of rotatable bonds is 12. The van der Waals surface area contributed by atoms with E-state index < -0.39 is 8.07 Å². The number of aromatic nitrogens is 1. The van der Waals surface area contributed by atoms with Gasteiger partial charge in [0.15, 0.2) is 0 Å². The van der Waals surface area contributed by atoms with Gasteiger partial charge in [0.05, 0.1) is 20.2 Å². The number of esters is 1. The molecule has 0 N–H and O–H groups in total. The third kappa shape index (κ3) is 6.60. The van der Waals surface area contributed by atoms with E-state index in [2.05, 4.69) is 62.3 Å². The normalized spacial score (nSPS) is 11.7. The van der Waals surface area contributed by atoms with Crippen molar-refractivity contribution in [3.63, 3.8) is 0 Å². The number of hydrogen-bond acceptors (Lipinski definition) is 2. The van der Waals surface area contributed by atoms with Crippen molar-refractivity contribution in [2.75, 3.05) is 6.61 Å². The van der Waals surface area contributed by atoms with Crippen LogP contribution in [0, 0.1) is 6.92 Å². The summed E-state index contributed by atoms with van der Waals surface area (Å²) in [6, 6.07) is 11.5.